The van der Waals surface area contributed by atoms with Gasteiger partial charge >= 0.3 is 5.97 Å². The van der Waals surface area contributed by atoms with Crippen LogP contribution in [0.1, 0.15) is 34.1 Å². The molecule has 1 rings (SSSR count). The fourth-order valence-electron chi connectivity index (χ4n) is 1.95. The van der Waals surface area contributed by atoms with Crippen LogP contribution in [0.15, 0.2) is 0 Å². The van der Waals surface area contributed by atoms with Crippen molar-refractivity contribution >= 4 is 17.8 Å². The Balaban J connectivity index is 3.08. The summed E-state index contributed by atoms with van der Waals surface area (Å²) >= 11 is 0. The summed E-state index contributed by atoms with van der Waals surface area (Å²) < 4.78 is 0. The number of carboxylic acids is 1. The lowest BCUT2D eigenvalue weighted by atomic mass is 9.91. The summed E-state index contributed by atoms with van der Waals surface area (Å²) in [5.41, 5.74) is -0.778. The van der Waals surface area contributed by atoms with E-state index in [9.17, 15) is 14.4 Å². The van der Waals surface area contributed by atoms with Gasteiger partial charge in [-0.2, -0.15) is 0 Å². The van der Waals surface area contributed by atoms with Gasteiger partial charge in [0.2, 0.25) is 11.8 Å². The molecule has 0 bridgehead atoms. The van der Waals surface area contributed by atoms with Crippen molar-refractivity contribution in [3.05, 3.63) is 0 Å². The third-order valence-corrected chi connectivity index (χ3v) is 2.82. The largest absolute Gasteiger partial charge is 0.480 e. The monoisotopic (exact) mass is 227 g/mol. The maximum Gasteiger partial charge on any atom is 0.327 e. The van der Waals surface area contributed by atoms with E-state index in [-0.39, 0.29) is 12.3 Å². The van der Waals surface area contributed by atoms with Crippen LogP contribution in [0.5, 0.6) is 0 Å². The smallest absolute Gasteiger partial charge is 0.327 e. The number of aliphatic carboxylic acids is 1. The van der Waals surface area contributed by atoms with Crippen LogP contribution in [-0.2, 0) is 14.4 Å². The van der Waals surface area contributed by atoms with Crippen molar-refractivity contribution in [1.82, 2.24) is 4.90 Å². The fraction of sp³-hybridized carbons (Fsp3) is 0.727. The van der Waals surface area contributed by atoms with Crippen molar-refractivity contribution in [1.29, 1.82) is 0 Å². The summed E-state index contributed by atoms with van der Waals surface area (Å²) in [6.07, 6.45) is 0.0856. The highest BCUT2D eigenvalue weighted by Gasteiger charge is 2.50. The lowest BCUT2D eigenvalue weighted by Gasteiger charge is -2.27. The number of carbonyl (C=O) groups is 3. The van der Waals surface area contributed by atoms with E-state index in [0.29, 0.717) is 0 Å². The van der Waals surface area contributed by atoms with E-state index in [1.807, 2.05) is 0 Å². The molecule has 0 aromatic rings. The molecule has 0 radical (unpaired) electrons. The van der Waals surface area contributed by atoms with Crippen LogP contribution in [0.25, 0.3) is 0 Å². The van der Waals surface area contributed by atoms with Crippen molar-refractivity contribution < 1.29 is 19.5 Å². The van der Waals surface area contributed by atoms with Crippen LogP contribution in [-0.4, -0.2) is 33.8 Å². The summed E-state index contributed by atoms with van der Waals surface area (Å²) in [5.74, 6) is -2.21. The Morgan fingerprint density at radius 1 is 1.38 bits per heavy atom. The van der Waals surface area contributed by atoms with Gasteiger partial charge in [0.25, 0.3) is 0 Å². The standard InChI is InChI=1S/C11H17NO4/c1-6(2)8(9(14)15)12-7(13)5-11(3,4)10(12)16/h6,8H,5H2,1-4H3,(H,14,15). The van der Waals surface area contributed by atoms with Gasteiger partial charge in [-0.15, -0.1) is 0 Å². The average molecular weight is 227 g/mol. The zero-order valence-corrected chi connectivity index (χ0v) is 9.98. The summed E-state index contributed by atoms with van der Waals surface area (Å²) in [4.78, 5) is 35.6. The molecule has 2 amide bonds. The summed E-state index contributed by atoms with van der Waals surface area (Å²) in [7, 11) is 0. The Hall–Kier alpha value is -1.39. The lowest BCUT2D eigenvalue weighted by Crippen LogP contribution is -2.48. The molecule has 0 aromatic carbocycles. The average Bonchev–Trinajstić information content (AvgIpc) is 2.26. The predicted octanol–water partition coefficient (Wildman–Crippen LogP) is 0.881. The molecular weight excluding hydrogens is 210 g/mol. The number of carboxylic acid groups (broad SMARTS) is 1. The predicted molar refractivity (Wildman–Crippen MR) is 56.5 cm³/mol. The molecule has 1 unspecified atom stereocenters. The van der Waals surface area contributed by atoms with Crippen LogP contribution in [0.4, 0.5) is 0 Å². The van der Waals surface area contributed by atoms with Crippen molar-refractivity contribution in [3.63, 3.8) is 0 Å². The quantitative estimate of drug-likeness (QED) is 0.726. The summed E-state index contributed by atoms with van der Waals surface area (Å²) in [5, 5.41) is 9.06. The topological polar surface area (TPSA) is 74.7 Å². The third-order valence-electron chi connectivity index (χ3n) is 2.82. The third kappa shape index (κ3) is 1.94. The molecule has 90 valence electrons. The number of imide groups is 1. The number of carbonyl (C=O) groups excluding carboxylic acids is 2. The number of nitrogens with zero attached hydrogens (tertiary/aromatic N) is 1. The highest BCUT2D eigenvalue weighted by Crippen LogP contribution is 2.34. The van der Waals surface area contributed by atoms with E-state index in [1.54, 1.807) is 27.7 Å². The number of hydrogen-bond acceptors (Lipinski definition) is 3. The Morgan fingerprint density at radius 3 is 2.12 bits per heavy atom. The Kier molecular flexibility index (Phi) is 3.08. The van der Waals surface area contributed by atoms with E-state index in [1.165, 1.54) is 0 Å². The van der Waals surface area contributed by atoms with E-state index in [4.69, 9.17) is 5.11 Å². The van der Waals surface area contributed by atoms with Crippen LogP contribution in [0, 0.1) is 11.3 Å². The minimum atomic E-state index is -1.13. The minimum absolute atomic E-state index is 0.0856. The summed E-state index contributed by atoms with van der Waals surface area (Å²) in [6.45, 7) is 6.69. The molecule has 0 aromatic heterocycles. The first kappa shape index (κ1) is 12.7. The first-order valence-electron chi connectivity index (χ1n) is 5.28. The molecule has 1 aliphatic rings. The molecule has 16 heavy (non-hydrogen) atoms. The van der Waals surface area contributed by atoms with Gasteiger partial charge in [-0.25, -0.2) is 4.79 Å². The molecule has 1 saturated heterocycles. The van der Waals surface area contributed by atoms with Crippen molar-refractivity contribution in [2.24, 2.45) is 11.3 Å². The number of amides is 2. The van der Waals surface area contributed by atoms with Gasteiger partial charge in [0.1, 0.15) is 6.04 Å². The number of rotatable bonds is 3. The van der Waals surface area contributed by atoms with E-state index in [0.717, 1.165) is 4.90 Å². The lowest BCUT2D eigenvalue weighted by molar-refractivity contribution is -0.157. The molecule has 0 saturated carbocycles. The minimum Gasteiger partial charge on any atom is -0.480 e. The van der Waals surface area contributed by atoms with Crippen molar-refractivity contribution in [2.45, 2.75) is 40.2 Å². The molecule has 5 nitrogen and oxygen atoms in total. The molecule has 5 heteroatoms. The second-order valence-corrected chi connectivity index (χ2v) is 5.16. The van der Waals surface area contributed by atoms with Gasteiger partial charge in [-0.1, -0.05) is 27.7 Å². The zero-order valence-electron chi connectivity index (χ0n) is 9.98. The van der Waals surface area contributed by atoms with Crippen molar-refractivity contribution in [3.8, 4) is 0 Å². The molecular formula is C11H17NO4. The normalized spacial score (nSPS) is 21.7. The maximum atomic E-state index is 11.9. The van der Waals surface area contributed by atoms with Gasteiger partial charge in [-0.05, 0) is 5.92 Å². The summed E-state index contributed by atoms with van der Waals surface area (Å²) in [6, 6.07) is -1.05. The van der Waals surface area contributed by atoms with E-state index in [2.05, 4.69) is 0 Å². The van der Waals surface area contributed by atoms with Gasteiger partial charge in [0.15, 0.2) is 0 Å². The zero-order chi connectivity index (χ0) is 12.7. The molecule has 1 heterocycles. The van der Waals surface area contributed by atoms with Gasteiger partial charge < -0.3 is 5.11 Å². The second kappa shape index (κ2) is 3.88. The Morgan fingerprint density at radius 2 is 1.88 bits per heavy atom. The molecule has 1 fully saturated rings. The molecule has 0 spiro atoms. The Bertz CT molecular complexity index is 346. The second-order valence-electron chi connectivity index (χ2n) is 5.16. The maximum absolute atomic E-state index is 11.9. The van der Waals surface area contributed by atoms with Gasteiger partial charge in [0, 0.05) is 6.42 Å². The van der Waals surface area contributed by atoms with Crippen molar-refractivity contribution in [2.75, 3.05) is 0 Å². The number of likely N-dealkylation sites (tertiary alicyclic amines) is 1. The number of hydrogen-bond donors (Lipinski definition) is 1. The van der Waals surface area contributed by atoms with Crippen LogP contribution in [0.2, 0.25) is 0 Å². The molecule has 1 atom stereocenters. The molecule has 1 aliphatic heterocycles. The fourth-order valence-corrected chi connectivity index (χ4v) is 1.95. The first-order chi connectivity index (χ1) is 7.18. The van der Waals surface area contributed by atoms with Gasteiger partial charge in [0.05, 0.1) is 5.41 Å². The van der Waals surface area contributed by atoms with E-state index >= 15 is 0 Å². The van der Waals surface area contributed by atoms with Crippen LogP contribution >= 0.6 is 0 Å². The van der Waals surface area contributed by atoms with Crippen LogP contribution < -0.4 is 0 Å². The highest BCUT2D eigenvalue weighted by atomic mass is 16.4. The molecule has 1 N–H and O–H groups in total. The Labute approximate surface area is 94.4 Å². The van der Waals surface area contributed by atoms with E-state index < -0.39 is 29.2 Å². The van der Waals surface area contributed by atoms with Gasteiger partial charge in [-0.3, -0.25) is 14.5 Å². The highest BCUT2D eigenvalue weighted by molar-refractivity contribution is 6.08. The van der Waals surface area contributed by atoms with Crippen LogP contribution in [0.3, 0.4) is 0 Å². The molecule has 0 aliphatic carbocycles. The SMILES string of the molecule is CC(C)C(C(=O)O)N1C(=O)CC(C)(C)C1=O. The first-order valence-corrected chi connectivity index (χ1v) is 5.28.